The third-order valence-corrected chi connectivity index (χ3v) is 12.0. The summed E-state index contributed by atoms with van der Waals surface area (Å²) in [6, 6.07) is 18.5. The van der Waals surface area contributed by atoms with Crippen molar-refractivity contribution in [3.05, 3.63) is 100 Å². The highest BCUT2D eigenvalue weighted by Crippen LogP contribution is 2.59. The highest BCUT2D eigenvalue weighted by atomic mass is 28.4. The van der Waals surface area contributed by atoms with Crippen LogP contribution < -0.4 is 15.2 Å². The lowest BCUT2D eigenvalue weighted by atomic mass is 9.82. The zero-order valence-corrected chi connectivity index (χ0v) is 27.1. The van der Waals surface area contributed by atoms with Gasteiger partial charge >= 0.3 is 0 Å². The van der Waals surface area contributed by atoms with E-state index in [1.54, 1.807) is 41.0 Å². The van der Waals surface area contributed by atoms with Gasteiger partial charge < -0.3 is 24.3 Å². The number of amides is 1. The van der Waals surface area contributed by atoms with Crippen LogP contribution in [0.3, 0.4) is 0 Å². The number of carbonyl (C=O) groups excluding carboxylic acids is 1. The fourth-order valence-corrected chi connectivity index (χ4v) is 9.92. The normalized spacial score (nSPS) is 23.5. The van der Waals surface area contributed by atoms with Crippen molar-refractivity contribution in [3.8, 4) is 11.4 Å². The molecular weight excluding hydrogens is 590 g/mol. The van der Waals surface area contributed by atoms with Gasteiger partial charge in [-0.05, 0) is 55.4 Å². The van der Waals surface area contributed by atoms with Crippen molar-refractivity contribution in [2.24, 2.45) is 5.92 Å². The van der Waals surface area contributed by atoms with Crippen molar-refractivity contribution < 1.29 is 24.2 Å². The van der Waals surface area contributed by atoms with Crippen LogP contribution in [0, 0.1) is 5.92 Å². The number of hydrogen-bond donors (Lipinski definition) is 2. The van der Waals surface area contributed by atoms with E-state index >= 15 is 0 Å². The lowest BCUT2D eigenvalue weighted by Gasteiger charge is -2.32. The van der Waals surface area contributed by atoms with Crippen LogP contribution in [0.4, 0.5) is 5.69 Å². The molecule has 45 heavy (non-hydrogen) atoms. The molecule has 1 unspecified atom stereocenters. The Morgan fingerprint density at radius 1 is 1.11 bits per heavy atom. The first kappa shape index (κ1) is 30.9. The number of rotatable bonds is 9. The molecule has 0 saturated carbocycles. The number of pyridine rings is 1. The van der Waals surface area contributed by atoms with Crippen molar-refractivity contribution in [2.75, 3.05) is 25.7 Å². The Kier molecular flexibility index (Phi) is 8.02. The summed E-state index contributed by atoms with van der Waals surface area (Å²) >= 11 is 0. The van der Waals surface area contributed by atoms with E-state index in [4.69, 9.17) is 9.47 Å². The minimum atomic E-state index is -2.86. The van der Waals surface area contributed by atoms with Gasteiger partial charge in [-0.2, -0.15) is 0 Å². The minimum absolute atomic E-state index is 0.0975. The predicted octanol–water partition coefficient (Wildman–Crippen LogP) is 3.43. The first-order valence-corrected chi connectivity index (χ1v) is 18.2. The van der Waals surface area contributed by atoms with E-state index in [0.29, 0.717) is 35.6 Å². The van der Waals surface area contributed by atoms with Gasteiger partial charge in [-0.15, -0.1) is 5.10 Å². The Labute approximate surface area is 262 Å². The molecule has 0 radical (unpaired) electrons. The number of ether oxygens (including phenoxy) is 2. The number of aliphatic hydroxyl groups excluding tert-OH is 1. The fraction of sp³-hybridized carbons (Fsp3) is 0.394. The van der Waals surface area contributed by atoms with Crippen molar-refractivity contribution in [1.29, 1.82) is 0 Å². The number of methoxy groups -OCH3 is 1. The van der Waals surface area contributed by atoms with Crippen LogP contribution in [-0.4, -0.2) is 70.6 Å². The summed E-state index contributed by atoms with van der Waals surface area (Å²) in [5.74, 6) is -0.616. The summed E-state index contributed by atoms with van der Waals surface area (Å²) in [6.07, 6.45) is 3.56. The number of anilines is 1. The Morgan fingerprint density at radius 2 is 1.87 bits per heavy atom. The highest BCUT2D eigenvalue weighted by molar-refractivity contribution is 6.71. The van der Waals surface area contributed by atoms with Crippen LogP contribution in [-0.2, 0) is 21.7 Å². The van der Waals surface area contributed by atoms with Gasteiger partial charge in [0.15, 0.2) is 19.7 Å². The van der Waals surface area contributed by atoms with Crippen LogP contribution in [0.2, 0.25) is 18.6 Å². The monoisotopic (exact) mass is 629 g/mol. The first-order chi connectivity index (χ1) is 21.5. The van der Waals surface area contributed by atoms with E-state index in [9.17, 15) is 19.5 Å². The van der Waals surface area contributed by atoms with Gasteiger partial charge in [0, 0.05) is 48.7 Å². The van der Waals surface area contributed by atoms with Crippen molar-refractivity contribution in [2.45, 2.75) is 56.1 Å². The standard InChI is InChI=1S/C33H39N5O6Si/c1-21-30(45(4,5)42)28(15-17-37-19-26(34-35-37)24(20-39)22-10-7-6-8-11-22)44-33(21)25-18-23(13-14-27(25)36(2)32(33)41)38-16-9-12-29(43-3)31(38)40/h6-14,16,18-19,21,24,28,30,39,42H,15,17,20H2,1-5H3/t21-,24?,28+,30-,33+/m1/s1. The summed E-state index contributed by atoms with van der Waals surface area (Å²) in [7, 11) is 0.322. The molecular formula is C33H39N5O6Si. The third kappa shape index (κ3) is 5.11. The summed E-state index contributed by atoms with van der Waals surface area (Å²) in [5, 5.41) is 18.8. The molecule has 2 aliphatic rings. The van der Waals surface area contributed by atoms with E-state index in [0.717, 1.165) is 5.56 Å². The second kappa shape index (κ2) is 11.7. The molecule has 236 valence electrons. The molecule has 2 aliphatic heterocycles. The van der Waals surface area contributed by atoms with Gasteiger partial charge in [0.25, 0.3) is 11.5 Å². The second-order valence-corrected chi connectivity index (χ2v) is 16.5. The number of likely N-dealkylation sites (N-methyl/N-ethyl adjacent to an activating group) is 1. The van der Waals surface area contributed by atoms with Gasteiger partial charge in [0.05, 0.1) is 37.1 Å². The van der Waals surface area contributed by atoms with E-state index < -0.39 is 20.0 Å². The Balaban J connectivity index is 1.33. The zero-order valence-electron chi connectivity index (χ0n) is 26.1. The number of benzene rings is 2. The summed E-state index contributed by atoms with van der Waals surface area (Å²) in [6.45, 7) is 6.11. The van der Waals surface area contributed by atoms with Gasteiger partial charge in [-0.1, -0.05) is 42.5 Å². The van der Waals surface area contributed by atoms with Crippen molar-refractivity contribution in [1.82, 2.24) is 19.6 Å². The summed E-state index contributed by atoms with van der Waals surface area (Å²) in [4.78, 5) is 40.4. The molecule has 0 bridgehead atoms. The van der Waals surface area contributed by atoms with Crippen molar-refractivity contribution >= 4 is 19.9 Å². The molecule has 4 aromatic rings. The quantitative estimate of drug-likeness (QED) is 0.269. The number of aliphatic hydroxyl groups is 1. The number of carbonyl (C=O) groups is 1. The number of hydrogen-bond acceptors (Lipinski definition) is 8. The molecule has 0 aliphatic carbocycles. The largest absolute Gasteiger partial charge is 0.491 e. The van der Waals surface area contributed by atoms with Crippen LogP contribution in [0.15, 0.2) is 77.9 Å². The maximum atomic E-state index is 14.1. The molecule has 2 N–H and O–H groups in total. The Morgan fingerprint density at radius 3 is 2.56 bits per heavy atom. The molecule has 1 amide bonds. The number of aryl methyl sites for hydroxylation is 1. The van der Waals surface area contributed by atoms with Crippen molar-refractivity contribution in [3.63, 3.8) is 0 Å². The molecule has 1 fully saturated rings. The lowest BCUT2D eigenvalue weighted by Crippen LogP contribution is -2.45. The maximum absolute atomic E-state index is 14.1. The SMILES string of the molecule is COc1cccn(-c2ccc3c(c2)[C@]2(O[C@@H](CCn4cc(C(CO)c5ccccc5)nn4)[C@H]([Si](C)(C)O)[C@H]2C)C(=O)N3C)c1=O. The lowest BCUT2D eigenvalue weighted by molar-refractivity contribution is -0.145. The van der Waals surface area contributed by atoms with Crippen LogP contribution >= 0.6 is 0 Å². The molecule has 2 aromatic carbocycles. The van der Waals surface area contributed by atoms with Crippen LogP contribution in [0.25, 0.3) is 5.69 Å². The summed E-state index contributed by atoms with van der Waals surface area (Å²) in [5.41, 5.74) is 1.69. The minimum Gasteiger partial charge on any atom is -0.491 e. The molecule has 6 rings (SSSR count). The first-order valence-electron chi connectivity index (χ1n) is 15.2. The summed E-state index contributed by atoms with van der Waals surface area (Å²) < 4.78 is 15.3. The van der Waals surface area contributed by atoms with E-state index in [1.807, 2.05) is 68.7 Å². The molecule has 2 aromatic heterocycles. The highest BCUT2D eigenvalue weighted by Gasteiger charge is 2.65. The average molecular weight is 630 g/mol. The molecule has 4 heterocycles. The number of aromatic nitrogens is 4. The average Bonchev–Trinajstić information content (AvgIpc) is 3.67. The van der Waals surface area contributed by atoms with Crippen LogP contribution in [0.1, 0.15) is 36.1 Å². The molecule has 12 heteroatoms. The maximum Gasteiger partial charge on any atom is 0.297 e. The zero-order chi connectivity index (χ0) is 32.1. The van der Waals surface area contributed by atoms with Gasteiger partial charge in [-0.3, -0.25) is 18.8 Å². The fourth-order valence-electron chi connectivity index (χ4n) is 7.32. The smallest absolute Gasteiger partial charge is 0.297 e. The number of fused-ring (bicyclic) bond motifs is 2. The molecule has 5 atom stereocenters. The molecule has 11 nitrogen and oxygen atoms in total. The molecule has 1 spiro atoms. The Bertz CT molecular complexity index is 1770. The van der Waals surface area contributed by atoms with Crippen LogP contribution in [0.5, 0.6) is 5.75 Å². The number of nitrogens with zero attached hydrogens (tertiary/aromatic N) is 5. The van der Waals surface area contributed by atoms with E-state index in [-0.39, 0.29) is 41.2 Å². The topological polar surface area (TPSA) is 132 Å². The van der Waals surface area contributed by atoms with E-state index in [1.165, 1.54) is 11.7 Å². The third-order valence-electron chi connectivity index (χ3n) is 9.45. The van der Waals surface area contributed by atoms with Gasteiger partial charge in [0.1, 0.15) is 0 Å². The predicted molar refractivity (Wildman–Crippen MR) is 171 cm³/mol. The van der Waals surface area contributed by atoms with Gasteiger partial charge in [-0.25, -0.2) is 0 Å². The molecule has 1 saturated heterocycles. The Hall–Kier alpha value is -4.10. The van der Waals surface area contributed by atoms with E-state index in [2.05, 4.69) is 10.3 Å². The second-order valence-electron chi connectivity index (χ2n) is 12.5. The van der Waals surface area contributed by atoms with Gasteiger partial charge in [0.2, 0.25) is 0 Å².